The third kappa shape index (κ3) is 21.1. The normalized spacial score (nSPS) is 11.7. The number of nitrogens with one attached hydrogen (secondary N) is 1. The molecule has 0 aromatic rings. The third-order valence-corrected chi connectivity index (χ3v) is 3.94. The predicted octanol–water partition coefficient (Wildman–Crippen LogP) is 0.697. The van der Waals surface area contributed by atoms with Crippen LogP contribution in [0, 0.1) is 5.92 Å². The quantitative estimate of drug-likeness (QED) is 0.200. The molecule has 1 amide bonds. The lowest BCUT2D eigenvalue weighted by atomic mass is 10.0. The van der Waals surface area contributed by atoms with Gasteiger partial charge in [0.25, 0.3) is 0 Å². The fourth-order valence-corrected chi connectivity index (χ4v) is 2.50. The Morgan fingerprint density at radius 2 is 1.42 bits per heavy atom. The van der Waals surface area contributed by atoms with Gasteiger partial charge in [-0.3, -0.25) is 9.59 Å². The van der Waals surface area contributed by atoms with Crippen LogP contribution in [-0.2, 0) is 42.9 Å². The monoisotopic (exact) mass is 447 g/mol. The van der Waals surface area contributed by atoms with Crippen LogP contribution in [0.3, 0.4) is 0 Å². The highest BCUT2D eigenvalue weighted by molar-refractivity contribution is 5.79. The van der Waals surface area contributed by atoms with Gasteiger partial charge in [-0.25, -0.2) is 4.79 Å². The second kappa shape index (κ2) is 20.0. The number of methoxy groups -OCH3 is 1. The van der Waals surface area contributed by atoms with E-state index in [1.165, 1.54) is 14.0 Å². The van der Waals surface area contributed by atoms with Crippen LogP contribution in [0.5, 0.6) is 0 Å². The van der Waals surface area contributed by atoms with E-state index < -0.39 is 5.97 Å². The lowest BCUT2D eigenvalue weighted by Gasteiger charge is -2.10. The Labute approximate surface area is 184 Å². The summed E-state index contributed by atoms with van der Waals surface area (Å²) < 4.78 is 25.3. The van der Waals surface area contributed by atoms with Crippen LogP contribution >= 0.6 is 0 Å². The van der Waals surface area contributed by atoms with Gasteiger partial charge in [-0.1, -0.05) is 6.92 Å². The Balaban J connectivity index is 3.38. The summed E-state index contributed by atoms with van der Waals surface area (Å²) in [5, 5.41) is 2.74. The summed E-state index contributed by atoms with van der Waals surface area (Å²) in [5.41, 5.74) is 0. The molecule has 31 heavy (non-hydrogen) atoms. The highest BCUT2D eigenvalue weighted by Crippen LogP contribution is 2.07. The van der Waals surface area contributed by atoms with Crippen molar-refractivity contribution >= 4 is 23.4 Å². The largest absolute Gasteiger partial charge is 0.467 e. The van der Waals surface area contributed by atoms with Gasteiger partial charge in [0.2, 0.25) is 5.91 Å². The summed E-state index contributed by atoms with van der Waals surface area (Å²) in [7, 11) is 1.29. The van der Waals surface area contributed by atoms with E-state index in [1.54, 1.807) is 0 Å². The first-order chi connectivity index (χ1) is 14.8. The van der Waals surface area contributed by atoms with Gasteiger partial charge in [-0.15, -0.1) is 0 Å². The fourth-order valence-electron chi connectivity index (χ4n) is 2.50. The molecule has 0 aromatic carbocycles. The van der Waals surface area contributed by atoms with Gasteiger partial charge >= 0.3 is 5.97 Å². The second-order valence-electron chi connectivity index (χ2n) is 7.11. The topological polar surface area (TPSA) is 126 Å². The molecule has 0 rings (SSSR count). The maximum atomic E-state index is 11.7. The number of carbonyl (C=O) groups excluding carboxylic acids is 4. The lowest BCUT2D eigenvalue weighted by molar-refractivity contribution is -0.146. The summed E-state index contributed by atoms with van der Waals surface area (Å²) in [5.74, 6) is -0.443. The number of amides is 1. The molecule has 0 saturated carbocycles. The third-order valence-electron chi connectivity index (χ3n) is 3.94. The van der Waals surface area contributed by atoms with E-state index in [1.807, 2.05) is 6.92 Å². The maximum Gasteiger partial charge on any atom is 0.331 e. The zero-order valence-corrected chi connectivity index (χ0v) is 18.9. The first-order valence-corrected chi connectivity index (χ1v) is 10.5. The van der Waals surface area contributed by atoms with Crippen molar-refractivity contribution in [1.29, 1.82) is 0 Å². The second-order valence-corrected chi connectivity index (χ2v) is 7.11. The van der Waals surface area contributed by atoms with Crippen molar-refractivity contribution in [3.63, 3.8) is 0 Å². The minimum absolute atomic E-state index is 0.0162. The molecule has 0 aliphatic heterocycles. The molecule has 0 aromatic heterocycles. The highest BCUT2D eigenvalue weighted by atomic mass is 16.6. The van der Waals surface area contributed by atoms with Crippen LogP contribution in [0.25, 0.3) is 0 Å². The number of Topliss-reactive ketones (excluding diaryl/α,β-unsaturated/α-hetero) is 2. The molecule has 10 nitrogen and oxygen atoms in total. The first-order valence-electron chi connectivity index (χ1n) is 10.5. The van der Waals surface area contributed by atoms with E-state index in [0.29, 0.717) is 65.3 Å². The number of esters is 1. The zero-order chi connectivity index (χ0) is 23.3. The van der Waals surface area contributed by atoms with Crippen molar-refractivity contribution in [2.75, 3.05) is 66.5 Å². The SMILES string of the molecule is COC(=O)COCCOCCCC(=O)COCCOCCNC(=O)CC(C)CC(C)=O. The Kier molecular flexibility index (Phi) is 18.8. The van der Waals surface area contributed by atoms with Crippen LogP contribution in [0.15, 0.2) is 0 Å². The Morgan fingerprint density at radius 1 is 0.806 bits per heavy atom. The van der Waals surface area contributed by atoms with Crippen LogP contribution < -0.4 is 5.32 Å². The first kappa shape index (κ1) is 29.1. The molecule has 1 unspecified atom stereocenters. The summed E-state index contributed by atoms with van der Waals surface area (Å²) in [6, 6.07) is 0. The lowest BCUT2D eigenvalue weighted by Crippen LogP contribution is -2.29. The molecule has 0 fully saturated rings. The van der Waals surface area contributed by atoms with E-state index in [-0.39, 0.29) is 43.2 Å². The molecular formula is C21H37NO9. The van der Waals surface area contributed by atoms with Crippen molar-refractivity contribution in [2.45, 2.75) is 39.5 Å². The Morgan fingerprint density at radius 3 is 2.06 bits per heavy atom. The van der Waals surface area contributed by atoms with Gasteiger partial charge in [0.05, 0.1) is 40.1 Å². The number of hydrogen-bond donors (Lipinski definition) is 1. The van der Waals surface area contributed by atoms with Crippen molar-refractivity contribution in [2.24, 2.45) is 5.92 Å². The predicted molar refractivity (Wildman–Crippen MR) is 112 cm³/mol. The summed E-state index contributed by atoms with van der Waals surface area (Å²) in [6.45, 7) is 5.73. The van der Waals surface area contributed by atoms with E-state index in [0.717, 1.165) is 0 Å². The number of ether oxygens (including phenoxy) is 5. The van der Waals surface area contributed by atoms with Crippen molar-refractivity contribution in [3.8, 4) is 0 Å². The molecular weight excluding hydrogens is 410 g/mol. The number of rotatable bonds is 21. The summed E-state index contributed by atoms with van der Waals surface area (Å²) in [6.07, 6.45) is 1.66. The summed E-state index contributed by atoms with van der Waals surface area (Å²) in [4.78, 5) is 45.2. The van der Waals surface area contributed by atoms with Crippen LogP contribution in [-0.4, -0.2) is 90.0 Å². The van der Waals surface area contributed by atoms with E-state index in [2.05, 4.69) is 10.1 Å². The van der Waals surface area contributed by atoms with Crippen molar-refractivity contribution < 1.29 is 42.9 Å². The van der Waals surface area contributed by atoms with E-state index in [9.17, 15) is 19.2 Å². The zero-order valence-electron chi connectivity index (χ0n) is 18.9. The van der Waals surface area contributed by atoms with Gasteiger partial charge in [-0.05, 0) is 19.3 Å². The summed E-state index contributed by atoms with van der Waals surface area (Å²) >= 11 is 0. The number of hydrogen-bond acceptors (Lipinski definition) is 9. The minimum atomic E-state index is -0.435. The van der Waals surface area contributed by atoms with Crippen molar-refractivity contribution in [1.82, 2.24) is 5.32 Å². The molecule has 0 heterocycles. The standard InChI is InChI=1S/C21H37NO9/c1-17(13-18(2)23)14-20(25)22-6-8-29-10-11-30-15-19(24)5-4-7-28-9-12-31-16-21(26)27-3/h17H,4-16H2,1-3H3,(H,22,25). The molecule has 1 atom stereocenters. The average Bonchev–Trinajstić information content (AvgIpc) is 2.70. The Bertz CT molecular complexity index is 525. The molecule has 0 saturated heterocycles. The fraction of sp³-hybridized carbons (Fsp3) is 0.810. The maximum absolute atomic E-state index is 11.7. The van der Waals surface area contributed by atoms with E-state index >= 15 is 0 Å². The van der Waals surface area contributed by atoms with Crippen LogP contribution in [0.2, 0.25) is 0 Å². The average molecular weight is 448 g/mol. The molecule has 180 valence electrons. The van der Waals surface area contributed by atoms with Crippen molar-refractivity contribution in [3.05, 3.63) is 0 Å². The highest BCUT2D eigenvalue weighted by Gasteiger charge is 2.10. The van der Waals surface area contributed by atoms with E-state index in [4.69, 9.17) is 18.9 Å². The Hall–Kier alpha value is -1.88. The molecule has 10 heteroatoms. The van der Waals surface area contributed by atoms with Gasteiger partial charge in [0, 0.05) is 32.4 Å². The molecule has 0 bridgehead atoms. The molecule has 0 spiro atoms. The molecule has 0 aliphatic rings. The minimum Gasteiger partial charge on any atom is -0.467 e. The van der Waals surface area contributed by atoms with Gasteiger partial charge in [0.15, 0.2) is 5.78 Å². The van der Waals surface area contributed by atoms with Gasteiger partial charge < -0.3 is 33.8 Å². The number of carbonyl (C=O) groups is 4. The molecule has 0 radical (unpaired) electrons. The van der Waals surface area contributed by atoms with Gasteiger partial charge in [-0.2, -0.15) is 0 Å². The van der Waals surface area contributed by atoms with Gasteiger partial charge in [0.1, 0.15) is 19.0 Å². The molecule has 1 N–H and O–H groups in total. The van der Waals surface area contributed by atoms with Crippen LogP contribution in [0.1, 0.15) is 39.5 Å². The number of ketones is 2. The molecule has 0 aliphatic carbocycles. The van der Waals surface area contributed by atoms with Crippen LogP contribution in [0.4, 0.5) is 0 Å². The smallest absolute Gasteiger partial charge is 0.331 e.